The van der Waals surface area contributed by atoms with Crippen LogP contribution in [-0.2, 0) is 34.3 Å². The maximum Gasteiger partial charge on any atom is 0.276 e. The van der Waals surface area contributed by atoms with E-state index in [1.807, 2.05) is 110 Å². The van der Waals surface area contributed by atoms with Gasteiger partial charge in [-0.05, 0) is 92.7 Å². The highest BCUT2D eigenvalue weighted by atomic mass is 32.2. The number of pyridine rings is 2. The first-order chi connectivity index (χ1) is 28.3. The van der Waals surface area contributed by atoms with Crippen LogP contribution in [0.4, 0.5) is 34.1 Å². The molecule has 0 aliphatic rings. The van der Waals surface area contributed by atoms with Crippen molar-refractivity contribution in [3.05, 3.63) is 179 Å². The fourth-order valence-corrected chi connectivity index (χ4v) is 6.42. The quantitative estimate of drug-likeness (QED) is 0.0585. The summed E-state index contributed by atoms with van der Waals surface area (Å²) >= 11 is 0. The van der Waals surface area contributed by atoms with Crippen molar-refractivity contribution in [2.75, 3.05) is 16.0 Å². The van der Waals surface area contributed by atoms with Crippen LogP contribution >= 0.6 is 0 Å². The summed E-state index contributed by atoms with van der Waals surface area (Å²) in [5.41, 5.74) is 7.35. The summed E-state index contributed by atoms with van der Waals surface area (Å²) in [7, 11) is -4.73. The van der Waals surface area contributed by atoms with Gasteiger partial charge in [-0.25, -0.2) is 26.0 Å². The van der Waals surface area contributed by atoms with E-state index in [1.165, 1.54) is 30.3 Å². The van der Waals surface area contributed by atoms with Crippen LogP contribution in [-0.4, -0.2) is 36.8 Å². The maximum atomic E-state index is 12.8. The van der Waals surface area contributed by atoms with E-state index in [4.69, 9.17) is 0 Å². The van der Waals surface area contributed by atoms with E-state index in [0.717, 1.165) is 44.8 Å². The number of nitro groups is 1. The summed E-state index contributed by atoms with van der Waals surface area (Å²) in [5.74, 6) is -0.211. The zero-order valence-corrected chi connectivity index (χ0v) is 34.4. The highest BCUT2D eigenvalue weighted by molar-refractivity contribution is 7.86. The molecule has 0 radical (unpaired) electrons. The van der Waals surface area contributed by atoms with E-state index in [9.17, 15) is 40.8 Å². The molecule has 0 saturated heterocycles. The van der Waals surface area contributed by atoms with Gasteiger partial charge in [-0.15, -0.1) is 0 Å². The second kappa shape index (κ2) is 19.1. The smallest absolute Gasteiger partial charge is 0.276 e. The molecular weight excluding hydrogens is 809 g/mol. The first kappa shape index (κ1) is 44.1. The molecule has 2 aromatic heterocycles. The number of aryl methyl sites for hydroxylation is 4. The number of anilines is 5. The Kier molecular flexibility index (Phi) is 14.1. The zero-order chi connectivity index (χ0) is 43.6. The third kappa shape index (κ3) is 12.5. The van der Waals surface area contributed by atoms with E-state index < -0.39 is 25.2 Å². The third-order valence-electron chi connectivity index (χ3n) is 8.78. The number of fused-ring (bicyclic) bond motifs is 1. The molecule has 0 bridgehead atoms. The Morgan fingerprint density at radius 1 is 0.583 bits per heavy atom. The van der Waals surface area contributed by atoms with Crippen molar-refractivity contribution in [2.24, 2.45) is 14.1 Å². The summed E-state index contributed by atoms with van der Waals surface area (Å²) < 4.78 is 66.1. The molecule has 3 N–H and O–H groups in total. The summed E-state index contributed by atoms with van der Waals surface area (Å²) in [6, 6.07) is 36.9. The Morgan fingerprint density at radius 3 is 1.55 bits per heavy atom. The van der Waals surface area contributed by atoms with Gasteiger partial charge >= 0.3 is 0 Å². The summed E-state index contributed by atoms with van der Waals surface area (Å²) in [6.07, 6.45) is 5.78. The summed E-state index contributed by atoms with van der Waals surface area (Å²) in [5, 5.41) is 21.6. The number of amides is 1. The number of aromatic nitrogens is 2. The van der Waals surface area contributed by atoms with Crippen molar-refractivity contribution in [3.63, 3.8) is 0 Å². The average Bonchev–Trinajstić information content (AvgIpc) is 3.21. The van der Waals surface area contributed by atoms with Crippen LogP contribution in [0, 0.1) is 24.0 Å². The summed E-state index contributed by atoms with van der Waals surface area (Å²) in [6.45, 7) is 3.64. The molecule has 0 atom stereocenters. The predicted molar refractivity (Wildman–Crippen MR) is 225 cm³/mol. The van der Waals surface area contributed by atoms with Gasteiger partial charge in [0.05, 0.1) is 37.5 Å². The fraction of sp³-hybridized carbons (Fsp3) is 0.0930. The molecule has 0 saturated carbocycles. The topological polar surface area (TPSA) is 218 Å². The maximum absolute atomic E-state index is 12.8. The number of benzene rings is 5. The van der Waals surface area contributed by atoms with Crippen LogP contribution < -0.4 is 25.1 Å². The normalized spacial score (nSPS) is 11.0. The largest absolute Gasteiger partial charge is 0.744 e. The highest BCUT2D eigenvalue weighted by Crippen LogP contribution is 2.27. The Balaban J connectivity index is 0.000000252. The molecule has 308 valence electrons. The second-order valence-electron chi connectivity index (χ2n) is 13.4. The van der Waals surface area contributed by atoms with Crippen LogP contribution in [0.1, 0.15) is 21.5 Å². The van der Waals surface area contributed by atoms with Gasteiger partial charge in [0, 0.05) is 46.9 Å². The number of nitro benzene ring substituents is 1. The highest BCUT2D eigenvalue weighted by Gasteiger charge is 2.16. The standard InChI is InChI=1S/C29H24N6O3.2C7H8O3S/c1-33-16-13-24(14-17-33)30-21-7-9-23(10-8-21)32-29(36)20-3-5-22(6-4-20)31-27-15-18-34(2)28-19-25(35(37)38)11-12-26(27)28;2*1-6-2-4-7(5-3-6)11(8,9)10/h3-19H,1-2H3,(H,32,36);2*2-5H,1H3,(H,8,9,10). The van der Waals surface area contributed by atoms with Crippen molar-refractivity contribution in [2.45, 2.75) is 23.6 Å². The van der Waals surface area contributed by atoms with Gasteiger partial charge in [-0.1, -0.05) is 35.4 Å². The van der Waals surface area contributed by atoms with E-state index in [0.29, 0.717) is 11.3 Å². The number of nitrogens with zero attached hydrogens (tertiary/aromatic N) is 3. The lowest BCUT2D eigenvalue weighted by Gasteiger charge is -2.10. The van der Waals surface area contributed by atoms with Crippen LogP contribution in [0.2, 0.25) is 0 Å². The van der Waals surface area contributed by atoms with Gasteiger partial charge in [0.2, 0.25) is 5.52 Å². The minimum absolute atomic E-state index is 0.0389. The van der Waals surface area contributed by atoms with E-state index >= 15 is 0 Å². The van der Waals surface area contributed by atoms with Crippen LogP contribution in [0.25, 0.3) is 10.9 Å². The number of non-ortho nitro benzene ring substituents is 1. The first-order valence-electron chi connectivity index (χ1n) is 18.0. The minimum Gasteiger partial charge on any atom is -0.744 e. The molecule has 60 heavy (non-hydrogen) atoms. The van der Waals surface area contributed by atoms with Crippen molar-refractivity contribution in [1.29, 1.82) is 0 Å². The Hall–Kier alpha value is -7.05. The Labute approximate surface area is 347 Å². The van der Waals surface area contributed by atoms with Gasteiger partial charge in [0.1, 0.15) is 34.3 Å². The SMILES string of the molecule is C[n+]1ccc(Nc2ccc(NC(=O)c3ccc(Nc4cc[n+](C)c5cc([N+](=O)[O-])ccc45)cc3)cc2)cc1.Cc1ccc(S(=O)(=O)[O-])cc1.Cc1ccc(S(=O)(=O)[O-])cc1. The molecule has 7 rings (SSSR count). The lowest BCUT2D eigenvalue weighted by atomic mass is 10.1. The number of carbonyl (C=O) groups excluding carboxylic acids is 1. The number of carbonyl (C=O) groups is 1. The average molecular weight is 849 g/mol. The molecule has 1 amide bonds. The van der Waals surface area contributed by atoms with E-state index in [-0.39, 0.29) is 21.4 Å². The number of hydrogen-bond donors (Lipinski definition) is 3. The lowest BCUT2D eigenvalue weighted by molar-refractivity contribution is -0.671. The van der Waals surface area contributed by atoms with Crippen LogP contribution in [0.15, 0.2) is 162 Å². The molecule has 7 aromatic rings. The third-order valence-corrected chi connectivity index (χ3v) is 10.5. The van der Waals surface area contributed by atoms with E-state index in [1.54, 1.807) is 48.5 Å². The summed E-state index contributed by atoms with van der Waals surface area (Å²) in [4.78, 5) is 23.2. The molecule has 17 heteroatoms. The monoisotopic (exact) mass is 848 g/mol. The van der Waals surface area contributed by atoms with Gasteiger partial charge in [0.15, 0.2) is 18.6 Å². The van der Waals surface area contributed by atoms with Crippen molar-refractivity contribution in [3.8, 4) is 0 Å². The predicted octanol–water partition coefficient (Wildman–Crippen LogP) is 6.93. The molecule has 2 heterocycles. The van der Waals surface area contributed by atoms with Crippen molar-refractivity contribution in [1.82, 2.24) is 0 Å². The number of rotatable bonds is 9. The molecule has 5 aromatic carbocycles. The second-order valence-corrected chi connectivity index (χ2v) is 16.2. The Morgan fingerprint density at radius 2 is 1.05 bits per heavy atom. The van der Waals surface area contributed by atoms with Crippen LogP contribution in [0.5, 0.6) is 0 Å². The van der Waals surface area contributed by atoms with Gasteiger partial charge in [-0.3, -0.25) is 14.9 Å². The number of hydrogen-bond acceptors (Lipinski definition) is 11. The van der Waals surface area contributed by atoms with Gasteiger partial charge in [-0.2, -0.15) is 0 Å². The molecule has 0 aliphatic carbocycles. The molecule has 0 unspecified atom stereocenters. The lowest BCUT2D eigenvalue weighted by Crippen LogP contribution is -2.28. The molecule has 15 nitrogen and oxygen atoms in total. The van der Waals surface area contributed by atoms with Crippen LogP contribution in [0.3, 0.4) is 0 Å². The fourth-order valence-electron chi connectivity index (χ4n) is 5.48. The minimum atomic E-state index is -4.27. The molecule has 0 fully saturated rings. The zero-order valence-electron chi connectivity index (χ0n) is 32.8. The number of nitrogens with one attached hydrogen (secondary N) is 3. The molecular formula is C43H40N6O9S2. The Bertz CT molecular complexity index is 2770. The van der Waals surface area contributed by atoms with Gasteiger partial charge < -0.3 is 25.1 Å². The molecule has 0 spiro atoms. The van der Waals surface area contributed by atoms with Gasteiger partial charge in [0.25, 0.3) is 11.6 Å². The van der Waals surface area contributed by atoms with Crippen molar-refractivity contribution >= 4 is 71.2 Å². The first-order valence-corrected chi connectivity index (χ1v) is 20.8. The van der Waals surface area contributed by atoms with Crippen molar-refractivity contribution < 1.29 is 44.8 Å². The van der Waals surface area contributed by atoms with E-state index in [2.05, 4.69) is 16.0 Å². The molecule has 0 aliphatic heterocycles.